The molecule has 0 aliphatic rings. The van der Waals surface area contributed by atoms with Crippen LogP contribution in [-0.4, -0.2) is 11.1 Å². The van der Waals surface area contributed by atoms with Gasteiger partial charge in [-0.3, -0.25) is 4.79 Å². The van der Waals surface area contributed by atoms with Crippen LogP contribution in [0, 0.1) is 5.92 Å². The molecule has 0 saturated carbocycles. The van der Waals surface area contributed by atoms with E-state index in [0.29, 0.717) is 0 Å². The second kappa shape index (κ2) is 6.89. The third-order valence-electron chi connectivity index (χ3n) is 3.06. The van der Waals surface area contributed by atoms with Crippen LogP contribution >= 0.6 is 0 Å². The zero-order valence-corrected chi connectivity index (χ0v) is 10.3. The predicted octanol–water partition coefficient (Wildman–Crippen LogP) is 3.85. The van der Waals surface area contributed by atoms with Crippen molar-refractivity contribution in [1.82, 2.24) is 0 Å². The van der Waals surface area contributed by atoms with Crippen LogP contribution in [0.25, 0.3) is 0 Å². The van der Waals surface area contributed by atoms with E-state index >= 15 is 0 Å². The van der Waals surface area contributed by atoms with Crippen molar-refractivity contribution < 1.29 is 9.90 Å². The molecule has 0 aliphatic heterocycles. The fraction of sp³-hybridized carbons (Fsp3) is 0.400. The maximum Gasteiger partial charge on any atom is 0.303 e. The van der Waals surface area contributed by atoms with E-state index in [9.17, 15) is 4.79 Å². The Kier molecular flexibility index (Phi) is 5.47. The molecular weight excluding hydrogens is 212 g/mol. The minimum absolute atomic E-state index is 0.0335. The molecule has 0 amide bonds. The molecular formula is C15H20O2. The van der Waals surface area contributed by atoms with Crippen molar-refractivity contribution in [2.45, 2.75) is 32.1 Å². The lowest BCUT2D eigenvalue weighted by molar-refractivity contribution is -0.137. The standard InChI is InChI=1S/C15H20O2/c1-3-8-12(4-2)14(11-15(16)17)13-9-6-5-7-10-13/h4-7,9-10,12,14H,2-3,8,11H2,1H3,(H,16,17). The van der Waals surface area contributed by atoms with Crippen LogP contribution in [0.5, 0.6) is 0 Å². The third kappa shape index (κ3) is 4.06. The number of benzene rings is 1. The molecule has 0 heterocycles. The molecule has 0 aliphatic carbocycles. The highest BCUT2D eigenvalue weighted by atomic mass is 16.4. The van der Waals surface area contributed by atoms with Gasteiger partial charge in [0.15, 0.2) is 0 Å². The number of rotatable bonds is 7. The zero-order valence-electron chi connectivity index (χ0n) is 10.3. The fourth-order valence-electron chi connectivity index (χ4n) is 2.22. The molecule has 0 saturated heterocycles. The Bertz CT molecular complexity index is 356. The number of carbonyl (C=O) groups is 1. The molecule has 2 heteroatoms. The molecule has 1 rings (SSSR count). The summed E-state index contributed by atoms with van der Waals surface area (Å²) in [6.45, 7) is 5.95. The number of carboxylic acid groups (broad SMARTS) is 1. The largest absolute Gasteiger partial charge is 0.481 e. The maximum absolute atomic E-state index is 11.0. The quantitative estimate of drug-likeness (QED) is 0.725. The Morgan fingerprint density at radius 3 is 2.53 bits per heavy atom. The molecule has 0 bridgehead atoms. The van der Waals surface area contributed by atoms with Crippen LogP contribution in [0.1, 0.15) is 37.7 Å². The van der Waals surface area contributed by atoms with E-state index in [1.165, 1.54) is 0 Å². The van der Waals surface area contributed by atoms with Crippen LogP contribution in [0.4, 0.5) is 0 Å². The lowest BCUT2D eigenvalue weighted by atomic mass is 9.81. The van der Waals surface area contributed by atoms with Gasteiger partial charge in [0.25, 0.3) is 0 Å². The summed E-state index contributed by atoms with van der Waals surface area (Å²) < 4.78 is 0. The highest BCUT2D eigenvalue weighted by molar-refractivity contribution is 5.68. The van der Waals surface area contributed by atoms with Crippen molar-refractivity contribution in [3.63, 3.8) is 0 Å². The summed E-state index contributed by atoms with van der Waals surface area (Å²) in [6.07, 6.45) is 4.08. The average molecular weight is 232 g/mol. The number of carboxylic acids is 1. The average Bonchev–Trinajstić information content (AvgIpc) is 2.34. The molecule has 0 radical (unpaired) electrons. The molecule has 1 N–H and O–H groups in total. The van der Waals surface area contributed by atoms with Gasteiger partial charge in [-0.05, 0) is 17.9 Å². The minimum atomic E-state index is -0.748. The van der Waals surface area contributed by atoms with Crippen molar-refractivity contribution in [1.29, 1.82) is 0 Å². The second-order valence-electron chi connectivity index (χ2n) is 4.30. The van der Waals surface area contributed by atoms with Gasteiger partial charge >= 0.3 is 5.97 Å². The summed E-state index contributed by atoms with van der Waals surface area (Å²) in [6, 6.07) is 9.86. The Hall–Kier alpha value is -1.57. The maximum atomic E-state index is 11.0. The van der Waals surface area contributed by atoms with Gasteiger partial charge in [-0.25, -0.2) is 0 Å². The highest BCUT2D eigenvalue weighted by Crippen LogP contribution is 2.32. The molecule has 0 spiro atoms. The van der Waals surface area contributed by atoms with Crippen molar-refractivity contribution in [3.05, 3.63) is 48.6 Å². The monoisotopic (exact) mass is 232 g/mol. The first-order chi connectivity index (χ1) is 8.19. The van der Waals surface area contributed by atoms with Gasteiger partial charge in [-0.15, -0.1) is 6.58 Å². The van der Waals surface area contributed by atoms with Gasteiger partial charge < -0.3 is 5.11 Å². The van der Waals surface area contributed by atoms with E-state index in [-0.39, 0.29) is 18.3 Å². The summed E-state index contributed by atoms with van der Waals surface area (Å²) >= 11 is 0. The minimum Gasteiger partial charge on any atom is -0.481 e. The van der Waals surface area contributed by atoms with Gasteiger partial charge in [0.2, 0.25) is 0 Å². The van der Waals surface area contributed by atoms with Gasteiger partial charge in [-0.2, -0.15) is 0 Å². The first kappa shape index (κ1) is 13.5. The van der Waals surface area contributed by atoms with Crippen LogP contribution in [-0.2, 0) is 4.79 Å². The lowest BCUT2D eigenvalue weighted by Crippen LogP contribution is -2.15. The Morgan fingerprint density at radius 2 is 2.06 bits per heavy atom. The number of allylic oxidation sites excluding steroid dienone is 1. The van der Waals surface area contributed by atoms with Crippen LogP contribution in [0.2, 0.25) is 0 Å². The van der Waals surface area contributed by atoms with Crippen molar-refractivity contribution >= 4 is 5.97 Å². The molecule has 0 fully saturated rings. The van der Waals surface area contributed by atoms with Crippen LogP contribution < -0.4 is 0 Å². The van der Waals surface area contributed by atoms with E-state index in [1.807, 2.05) is 36.4 Å². The fourth-order valence-corrected chi connectivity index (χ4v) is 2.22. The topological polar surface area (TPSA) is 37.3 Å². The Morgan fingerprint density at radius 1 is 1.41 bits per heavy atom. The first-order valence-electron chi connectivity index (χ1n) is 6.08. The molecule has 1 aromatic rings. The van der Waals surface area contributed by atoms with E-state index in [1.54, 1.807) is 0 Å². The van der Waals surface area contributed by atoms with Gasteiger partial charge in [0, 0.05) is 5.92 Å². The van der Waals surface area contributed by atoms with E-state index in [0.717, 1.165) is 18.4 Å². The van der Waals surface area contributed by atoms with Crippen LogP contribution in [0.3, 0.4) is 0 Å². The number of hydrogen-bond donors (Lipinski definition) is 1. The van der Waals surface area contributed by atoms with Crippen molar-refractivity contribution in [3.8, 4) is 0 Å². The summed E-state index contributed by atoms with van der Waals surface area (Å²) in [5.41, 5.74) is 1.09. The molecule has 92 valence electrons. The SMILES string of the molecule is C=CC(CCC)C(CC(=O)O)c1ccccc1. The van der Waals surface area contributed by atoms with E-state index in [2.05, 4.69) is 13.5 Å². The van der Waals surface area contributed by atoms with Crippen molar-refractivity contribution in [2.75, 3.05) is 0 Å². The molecule has 1 aromatic carbocycles. The summed E-state index contributed by atoms with van der Waals surface area (Å²) in [7, 11) is 0. The normalized spacial score (nSPS) is 13.9. The summed E-state index contributed by atoms with van der Waals surface area (Å²) in [4.78, 5) is 11.0. The highest BCUT2D eigenvalue weighted by Gasteiger charge is 2.22. The van der Waals surface area contributed by atoms with Crippen LogP contribution in [0.15, 0.2) is 43.0 Å². The third-order valence-corrected chi connectivity index (χ3v) is 3.06. The molecule has 2 nitrogen and oxygen atoms in total. The molecule has 0 aromatic heterocycles. The van der Waals surface area contributed by atoms with Gasteiger partial charge in [0.1, 0.15) is 0 Å². The van der Waals surface area contributed by atoms with Crippen molar-refractivity contribution in [2.24, 2.45) is 5.92 Å². The molecule has 2 unspecified atom stereocenters. The number of hydrogen-bond acceptors (Lipinski definition) is 1. The summed E-state index contributed by atoms with van der Waals surface area (Å²) in [5, 5.41) is 9.02. The summed E-state index contributed by atoms with van der Waals surface area (Å²) in [5.74, 6) is -0.480. The van der Waals surface area contributed by atoms with Gasteiger partial charge in [0.05, 0.1) is 6.42 Å². The lowest BCUT2D eigenvalue weighted by Gasteiger charge is -2.23. The molecule has 17 heavy (non-hydrogen) atoms. The van der Waals surface area contributed by atoms with Gasteiger partial charge in [-0.1, -0.05) is 49.8 Å². The Balaban J connectivity index is 2.93. The first-order valence-corrected chi connectivity index (χ1v) is 6.08. The Labute approximate surface area is 103 Å². The van der Waals surface area contributed by atoms with E-state index < -0.39 is 5.97 Å². The zero-order chi connectivity index (χ0) is 12.7. The second-order valence-corrected chi connectivity index (χ2v) is 4.30. The predicted molar refractivity (Wildman–Crippen MR) is 70.0 cm³/mol. The van der Waals surface area contributed by atoms with E-state index in [4.69, 9.17) is 5.11 Å². The smallest absolute Gasteiger partial charge is 0.303 e. The number of aliphatic carboxylic acids is 1. The molecule has 2 atom stereocenters.